The molecule has 1 atom stereocenters. The SMILES string of the molecule is COc1cc(CCC(=O)N2CCN(C(C)=O)CC(C(N)=O)C2)on1. The number of amides is 3. The van der Waals surface area contributed by atoms with Crippen molar-refractivity contribution in [3.63, 3.8) is 0 Å². The summed E-state index contributed by atoms with van der Waals surface area (Å²) in [5.41, 5.74) is 5.39. The molecule has 24 heavy (non-hydrogen) atoms. The van der Waals surface area contributed by atoms with Gasteiger partial charge >= 0.3 is 0 Å². The van der Waals surface area contributed by atoms with Gasteiger partial charge in [-0.25, -0.2) is 0 Å². The Kier molecular flexibility index (Phi) is 5.78. The van der Waals surface area contributed by atoms with Crippen molar-refractivity contribution in [2.45, 2.75) is 19.8 Å². The second kappa shape index (κ2) is 7.80. The van der Waals surface area contributed by atoms with Crippen molar-refractivity contribution in [1.82, 2.24) is 15.0 Å². The van der Waals surface area contributed by atoms with Gasteiger partial charge in [0.25, 0.3) is 5.88 Å². The van der Waals surface area contributed by atoms with Gasteiger partial charge in [-0.1, -0.05) is 0 Å². The molecule has 1 aliphatic rings. The van der Waals surface area contributed by atoms with Crippen molar-refractivity contribution < 1.29 is 23.6 Å². The van der Waals surface area contributed by atoms with Crippen LogP contribution in [0.5, 0.6) is 5.88 Å². The summed E-state index contributed by atoms with van der Waals surface area (Å²) in [5, 5.41) is 3.68. The fourth-order valence-electron chi connectivity index (χ4n) is 2.60. The molecule has 9 heteroatoms. The van der Waals surface area contributed by atoms with E-state index < -0.39 is 11.8 Å². The van der Waals surface area contributed by atoms with Crippen LogP contribution in [0.15, 0.2) is 10.6 Å². The molecule has 1 aliphatic heterocycles. The summed E-state index contributed by atoms with van der Waals surface area (Å²) in [6.07, 6.45) is 0.591. The van der Waals surface area contributed by atoms with Crippen LogP contribution in [0.3, 0.4) is 0 Å². The number of methoxy groups -OCH3 is 1. The lowest BCUT2D eigenvalue weighted by molar-refractivity contribution is -0.132. The molecule has 0 spiro atoms. The maximum absolute atomic E-state index is 12.4. The smallest absolute Gasteiger partial charge is 0.254 e. The molecule has 0 aliphatic carbocycles. The topological polar surface area (TPSA) is 119 Å². The molecular formula is C15H22N4O5. The molecule has 0 radical (unpaired) electrons. The highest BCUT2D eigenvalue weighted by Crippen LogP contribution is 2.15. The first-order valence-corrected chi connectivity index (χ1v) is 7.73. The highest BCUT2D eigenvalue weighted by molar-refractivity contribution is 5.81. The summed E-state index contributed by atoms with van der Waals surface area (Å²) in [4.78, 5) is 38.7. The minimum absolute atomic E-state index is 0.123. The van der Waals surface area contributed by atoms with Gasteiger partial charge in [0.05, 0.1) is 13.0 Å². The summed E-state index contributed by atoms with van der Waals surface area (Å²) in [6.45, 7) is 2.67. The van der Waals surface area contributed by atoms with Gasteiger partial charge in [-0.05, 0) is 5.16 Å². The van der Waals surface area contributed by atoms with E-state index in [1.54, 1.807) is 15.9 Å². The molecule has 1 unspecified atom stereocenters. The lowest BCUT2D eigenvalue weighted by Gasteiger charge is -2.22. The van der Waals surface area contributed by atoms with Crippen LogP contribution in [-0.4, -0.2) is 66.0 Å². The molecule has 0 bridgehead atoms. The molecule has 132 valence electrons. The predicted molar refractivity (Wildman–Crippen MR) is 82.9 cm³/mol. The standard InChI is InChI=1S/C15H22N4O5/c1-10(20)18-5-6-19(9-11(8-18)15(16)22)14(21)4-3-12-7-13(23-2)17-24-12/h7,11H,3-6,8-9H2,1-2H3,(H2,16,22). The van der Waals surface area contributed by atoms with E-state index in [1.807, 2.05) is 0 Å². The van der Waals surface area contributed by atoms with E-state index >= 15 is 0 Å². The second-order valence-corrected chi connectivity index (χ2v) is 5.74. The average molecular weight is 338 g/mol. The van der Waals surface area contributed by atoms with Crippen LogP contribution >= 0.6 is 0 Å². The van der Waals surface area contributed by atoms with E-state index in [4.69, 9.17) is 15.0 Å². The number of nitrogens with two attached hydrogens (primary N) is 1. The Hall–Kier alpha value is -2.58. The van der Waals surface area contributed by atoms with Crippen LogP contribution in [-0.2, 0) is 20.8 Å². The van der Waals surface area contributed by atoms with Crippen molar-refractivity contribution in [2.75, 3.05) is 33.3 Å². The number of carbonyl (C=O) groups excluding carboxylic acids is 3. The minimum atomic E-state index is -0.564. The van der Waals surface area contributed by atoms with Gasteiger partial charge in [-0.3, -0.25) is 14.4 Å². The van der Waals surface area contributed by atoms with E-state index in [2.05, 4.69) is 5.16 Å². The number of ether oxygens (including phenoxy) is 1. The van der Waals surface area contributed by atoms with Crippen molar-refractivity contribution >= 4 is 17.7 Å². The van der Waals surface area contributed by atoms with Crippen LogP contribution in [0.4, 0.5) is 0 Å². The normalized spacial score (nSPS) is 18.2. The van der Waals surface area contributed by atoms with Gasteiger partial charge < -0.3 is 24.8 Å². The fourth-order valence-corrected chi connectivity index (χ4v) is 2.60. The zero-order valence-corrected chi connectivity index (χ0v) is 13.9. The summed E-state index contributed by atoms with van der Waals surface area (Å²) < 4.78 is 9.97. The molecule has 0 saturated carbocycles. The lowest BCUT2D eigenvalue weighted by Crippen LogP contribution is -2.40. The summed E-state index contributed by atoms with van der Waals surface area (Å²) in [6, 6.07) is 1.62. The van der Waals surface area contributed by atoms with Gasteiger partial charge in [0.15, 0.2) is 0 Å². The van der Waals surface area contributed by atoms with E-state index in [0.717, 1.165) is 0 Å². The number of carbonyl (C=O) groups is 3. The van der Waals surface area contributed by atoms with Crippen molar-refractivity contribution in [3.05, 3.63) is 11.8 Å². The Labute approximate surface area is 139 Å². The highest BCUT2D eigenvalue weighted by Gasteiger charge is 2.29. The molecule has 1 fully saturated rings. The van der Waals surface area contributed by atoms with Crippen LogP contribution in [0.2, 0.25) is 0 Å². The maximum atomic E-state index is 12.4. The van der Waals surface area contributed by atoms with Gasteiger partial charge in [0.1, 0.15) is 5.76 Å². The molecular weight excluding hydrogens is 316 g/mol. The molecule has 2 N–H and O–H groups in total. The number of nitrogens with zero attached hydrogens (tertiary/aromatic N) is 3. The van der Waals surface area contributed by atoms with Gasteiger partial charge in [-0.2, -0.15) is 0 Å². The van der Waals surface area contributed by atoms with Crippen molar-refractivity contribution in [2.24, 2.45) is 11.7 Å². The second-order valence-electron chi connectivity index (χ2n) is 5.74. The first kappa shape index (κ1) is 17.8. The summed E-state index contributed by atoms with van der Waals surface area (Å²) >= 11 is 0. The number of aryl methyl sites for hydroxylation is 1. The fraction of sp³-hybridized carbons (Fsp3) is 0.600. The van der Waals surface area contributed by atoms with Crippen LogP contribution < -0.4 is 10.5 Å². The quantitative estimate of drug-likeness (QED) is 0.766. The van der Waals surface area contributed by atoms with E-state index in [0.29, 0.717) is 31.2 Å². The number of hydrogen-bond acceptors (Lipinski definition) is 6. The largest absolute Gasteiger partial charge is 0.479 e. The number of rotatable bonds is 5. The summed E-state index contributed by atoms with van der Waals surface area (Å²) in [7, 11) is 1.48. The molecule has 1 aromatic heterocycles. The Morgan fingerprint density at radius 3 is 2.58 bits per heavy atom. The lowest BCUT2D eigenvalue weighted by atomic mass is 10.1. The third-order valence-electron chi connectivity index (χ3n) is 4.05. The third-order valence-corrected chi connectivity index (χ3v) is 4.05. The van der Waals surface area contributed by atoms with Crippen molar-refractivity contribution in [1.29, 1.82) is 0 Å². The molecule has 1 saturated heterocycles. The first-order valence-electron chi connectivity index (χ1n) is 7.73. The van der Waals surface area contributed by atoms with Crippen LogP contribution in [0, 0.1) is 5.92 Å². The monoisotopic (exact) mass is 338 g/mol. The van der Waals surface area contributed by atoms with Crippen LogP contribution in [0.1, 0.15) is 19.1 Å². The molecule has 0 aromatic carbocycles. The Morgan fingerprint density at radius 2 is 2.00 bits per heavy atom. The Balaban J connectivity index is 1.96. The van der Waals surface area contributed by atoms with Gasteiger partial charge in [0.2, 0.25) is 17.7 Å². The van der Waals surface area contributed by atoms with Crippen LogP contribution in [0.25, 0.3) is 0 Å². The zero-order chi connectivity index (χ0) is 17.7. The van der Waals surface area contributed by atoms with Crippen molar-refractivity contribution in [3.8, 4) is 5.88 Å². The molecule has 1 aromatic rings. The van der Waals surface area contributed by atoms with E-state index in [1.165, 1.54) is 14.0 Å². The average Bonchev–Trinajstić information content (AvgIpc) is 2.88. The molecule has 2 heterocycles. The minimum Gasteiger partial charge on any atom is -0.479 e. The first-order chi connectivity index (χ1) is 11.4. The zero-order valence-electron chi connectivity index (χ0n) is 13.9. The van der Waals surface area contributed by atoms with E-state index in [-0.39, 0.29) is 31.3 Å². The molecule has 9 nitrogen and oxygen atoms in total. The molecule has 2 rings (SSSR count). The van der Waals surface area contributed by atoms with E-state index in [9.17, 15) is 14.4 Å². The number of hydrogen-bond donors (Lipinski definition) is 1. The Morgan fingerprint density at radius 1 is 1.33 bits per heavy atom. The maximum Gasteiger partial charge on any atom is 0.254 e. The van der Waals surface area contributed by atoms with Gasteiger partial charge in [-0.15, -0.1) is 0 Å². The molecule has 3 amide bonds. The number of aromatic nitrogens is 1. The van der Waals surface area contributed by atoms with Gasteiger partial charge in [0, 0.05) is 52.0 Å². The number of primary amides is 1. The third kappa shape index (κ3) is 4.46. The Bertz CT molecular complexity index is 615. The predicted octanol–water partition coefficient (Wildman–Crippen LogP) is -0.592. The summed E-state index contributed by atoms with van der Waals surface area (Å²) in [5.74, 6) is -0.428. The highest BCUT2D eigenvalue weighted by atomic mass is 16.5.